The van der Waals surface area contributed by atoms with Crippen LogP contribution in [0.2, 0.25) is 0 Å². The normalized spacial score (nSPS) is 14.4. The number of fused-ring (bicyclic) bond motifs is 1. The zero-order chi connectivity index (χ0) is 15.2. The summed E-state index contributed by atoms with van der Waals surface area (Å²) in [6.07, 6.45) is 1.99. The lowest BCUT2D eigenvalue weighted by Crippen LogP contribution is -1.91. The van der Waals surface area contributed by atoms with Gasteiger partial charge < -0.3 is 0 Å². The molecule has 0 aromatic heterocycles. The van der Waals surface area contributed by atoms with Gasteiger partial charge in [-0.05, 0) is 29.1 Å². The molecule has 0 fully saturated rings. The molecule has 0 atom stereocenters. The van der Waals surface area contributed by atoms with Crippen LogP contribution in [0.3, 0.4) is 0 Å². The van der Waals surface area contributed by atoms with Crippen molar-refractivity contribution in [2.24, 2.45) is 5.18 Å². The van der Waals surface area contributed by atoms with Gasteiger partial charge in [-0.15, -0.1) is 28.4 Å². The van der Waals surface area contributed by atoms with Gasteiger partial charge in [-0.2, -0.15) is 0 Å². The number of hydrogen-bond acceptors (Lipinski definition) is 4. The highest BCUT2D eigenvalue weighted by Crippen LogP contribution is 2.40. The molecule has 1 heterocycles. The van der Waals surface area contributed by atoms with Gasteiger partial charge in [0.1, 0.15) is 5.70 Å². The van der Waals surface area contributed by atoms with Gasteiger partial charge in [0.05, 0.1) is 4.24 Å². The van der Waals surface area contributed by atoms with E-state index in [1.165, 1.54) is 11.1 Å². The van der Waals surface area contributed by atoms with E-state index in [2.05, 4.69) is 35.5 Å². The summed E-state index contributed by atoms with van der Waals surface area (Å²) < 4.78 is 1.07. The van der Waals surface area contributed by atoms with E-state index in [-0.39, 0.29) is 0 Å². The molecule has 0 bridgehead atoms. The number of benzene rings is 2. The fourth-order valence-electron chi connectivity index (χ4n) is 2.50. The standard InChI is InChI=1S/C18H17NOS2/c20-19-17-16-9-5-4-8-15(16)11-13-22-18(17)21-12-10-14-6-2-1-3-7-14/h1-9H,10-13H2. The molecule has 2 nitrogen and oxygen atoms in total. The molecule has 112 valence electrons. The first-order valence-electron chi connectivity index (χ1n) is 7.34. The number of hydrogen-bond donors (Lipinski definition) is 0. The molecule has 2 aromatic carbocycles. The molecular formula is C18H17NOS2. The van der Waals surface area contributed by atoms with Crippen LogP contribution in [0, 0.1) is 4.91 Å². The van der Waals surface area contributed by atoms with Crippen molar-refractivity contribution in [2.45, 2.75) is 12.8 Å². The van der Waals surface area contributed by atoms with E-state index in [4.69, 9.17) is 0 Å². The minimum absolute atomic E-state index is 0.621. The van der Waals surface area contributed by atoms with Crippen LogP contribution in [0.25, 0.3) is 5.70 Å². The molecule has 0 radical (unpaired) electrons. The predicted molar refractivity (Wildman–Crippen MR) is 97.9 cm³/mol. The second kappa shape index (κ2) is 7.65. The van der Waals surface area contributed by atoms with Crippen LogP contribution in [0.15, 0.2) is 64.0 Å². The van der Waals surface area contributed by atoms with Crippen molar-refractivity contribution < 1.29 is 0 Å². The van der Waals surface area contributed by atoms with Gasteiger partial charge in [-0.25, -0.2) is 0 Å². The van der Waals surface area contributed by atoms with Crippen molar-refractivity contribution in [3.8, 4) is 0 Å². The minimum Gasteiger partial charge on any atom is -0.145 e. The van der Waals surface area contributed by atoms with Crippen molar-refractivity contribution >= 4 is 29.2 Å². The van der Waals surface area contributed by atoms with E-state index < -0.39 is 0 Å². The Morgan fingerprint density at radius 3 is 2.64 bits per heavy atom. The molecule has 0 N–H and O–H groups in total. The zero-order valence-corrected chi connectivity index (χ0v) is 13.8. The quantitative estimate of drug-likeness (QED) is 0.694. The molecule has 22 heavy (non-hydrogen) atoms. The Bertz CT molecular complexity index is 682. The lowest BCUT2D eigenvalue weighted by atomic mass is 10.0. The molecule has 4 heteroatoms. The zero-order valence-electron chi connectivity index (χ0n) is 12.2. The maximum atomic E-state index is 11.4. The average molecular weight is 327 g/mol. The highest BCUT2D eigenvalue weighted by Gasteiger charge is 2.18. The van der Waals surface area contributed by atoms with Crippen LogP contribution in [0.4, 0.5) is 0 Å². The number of nitrogens with zero attached hydrogens (tertiary/aromatic N) is 1. The molecule has 0 saturated heterocycles. The molecule has 2 aromatic rings. The average Bonchev–Trinajstić information content (AvgIpc) is 2.74. The Morgan fingerprint density at radius 1 is 1.05 bits per heavy atom. The molecule has 0 unspecified atom stereocenters. The maximum Gasteiger partial charge on any atom is 0.135 e. The van der Waals surface area contributed by atoms with Crippen molar-refractivity contribution in [1.29, 1.82) is 0 Å². The third-order valence-corrected chi connectivity index (χ3v) is 6.06. The lowest BCUT2D eigenvalue weighted by molar-refractivity contribution is 1.15. The second-order valence-electron chi connectivity index (χ2n) is 5.07. The number of nitroso groups, excluding NO2 is 1. The Labute approximate surface area is 139 Å². The van der Waals surface area contributed by atoms with Crippen molar-refractivity contribution in [3.63, 3.8) is 0 Å². The highest BCUT2D eigenvalue weighted by molar-refractivity contribution is 8.22. The smallest absolute Gasteiger partial charge is 0.135 e. The van der Waals surface area contributed by atoms with E-state index in [0.717, 1.165) is 34.1 Å². The van der Waals surface area contributed by atoms with Gasteiger partial charge in [0, 0.05) is 17.1 Å². The molecule has 0 amide bonds. The van der Waals surface area contributed by atoms with E-state index in [1.54, 1.807) is 23.5 Å². The first-order chi connectivity index (χ1) is 10.9. The van der Waals surface area contributed by atoms with Crippen LogP contribution in [-0.2, 0) is 12.8 Å². The molecule has 0 saturated carbocycles. The lowest BCUT2D eigenvalue weighted by Gasteiger charge is -2.08. The summed E-state index contributed by atoms with van der Waals surface area (Å²) in [4.78, 5) is 11.4. The topological polar surface area (TPSA) is 29.4 Å². The fraction of sp³-hybridized carbons (Fsp3) is 0.222. The van der Waals surface area contributed by atoms with Crippen LogP contribution in [0.1, 0.15) is 16.7 Å². The van der Waals surface area contributed by atoms with Gasteiger partial charge in [0.2, 0.25) is 0 Å². The molecule has 0 aliphatic carbocycles. The summed E-state index contributed by atoms with van der Waals surface area (Å²) in [5, 5.41) is 3.34. The van der Waals surface area contributed by atoms with Gasteiger partial charge in [0.15, 0.2) is 0 Å². The largest absolute Gasteiger partial charge is 0.145 e. The summed E-state index contributed by atoms with van der Waals surface area (Å²) >= 11 is 3.51. The first-order valence-corrected chi connectivity index (χ1v) is 9.31. The van der Waals surface area contributed by atoms with E-state index in [9.17, 15) is 4.91 Å². The molecule has 1 aliphatic rings. The number of aryl methyl sites for hydroxylation is 2. The second-order valence-corrected chi connectivity index (χ2v) is 7.54. The van der Waals surface area contributed by atoms with Gasteiger partial charge in [0.25, 0.3) is 0 Å². The van der Waals surface area contributed by atoms with Crippen LogP contribution >= 0.6 is 23.5 Å². The Kier molecular flexibility index (Phi) is 5.35. The molecule has 1 aliphatic heterocycles. The van der Waals surface area contributed by atoms with E-state index >= 15 is 0 Å². The van der Waals surface area contributed by atoms with Gasteiger partial charge in [-0.1, -0.05) is 54.6 Å². The Balaban J connectivity index is 1.76. The number of rotatable bonds is 5. The maximum absolute atomic E-state index is 11.4. The molecular weight excluding hydrogens is 310 g/mol. The third-order valence-electron chi connectivity index (χ3n) is 3.63. The highest BCUT2D eigenvalue weighted by atomic mass is 32.2. The minimum atomic E-state index is 0.621. The van der Waals surface area contributed by atoms with Crippen molar-refractivity contribution in [1.82, 2.24) is 0 Å². The van der Waals surface area contributed by atoms with Crippen LogP contribution in [0.5, 0.6) is 0 Å². The van der Waals surface area contributed by atoms with Gasteiger partial charge in [-0.3, -0.25) is 0 Å². The van der Waals surface area contributed by atoms with Crippen molar-refractivity contribution in [3.05, 3.63) is 80.4 Å². The summed E-state index contributed by atoms with van der Waals surface area (Å²) in [6, 6.07) is 18.6. The summed E-state index contributed by atoms with van der Waals surface area (Å²) in [6.45, 7) is 0. The Hall–Kier alpha value is -1.52. The predicted octanol–water partition coefficient (Wildman–Crippen LogP) is 5.34. The molecule has 0 spiro atoms. The summed E-state index contributed by atoms with van der Waals surface area (Å²) in [5.74, 6) is 1.97. The molecule has 3 rings (SSSR count). The first kappa shape index (κ1) is 15.4. The van der Waals surface area contributed by atoms with Crippen molar-refractivity contribution in [2.75, 3.05) is 11.5 Å². The Morgan fingerprint density at radius 2 is 1.82 bits per heavy atom. The monoisotopic (exact) mass is 327 g/mol. The summed E-state index contributed by atoms with van der Waals surface area (Å²) in [5.41, 5.74) is 4.18. The van der Waals surface area contributed by atoms with Gasteiger partial charge >= 0.3 is 0 Å². The van der Waals surface area contributed by atoms with Crippen LogP contribution in [-0.4, -0.2) is 11.5 Å². The van der Waals surface area contributed by atoms with Crippen LogP contribution < -0.4 is 0 Å². The van der Waals surface area contributed by atoms with E-state index in [0.29, 0.717) is 5.70 Å². The summed E-state index contributed by atoms with van der Waals surface area (Å²) in [7, 11) is 0. The SMILES string of the molecule is O=NC1=C(SCCc2ccccc2)SCCc2ccccc21. The fourth-order valence-corrected chi connectivity index (χ4v) is 4.94. The third kappa shape index (κ3) is 3.62. The van der Waals surface area contributed by atoms with E-state index in [1.807, 2.05) is 24.3 Å². The number of thioether (sulfide) groups is 2.